The Hall–Kier alpha value is -1.30. The van der Waals surface area contributed by atoms with Crippen LogP contribution < -0.4 is 14.8 Å². The molecule has 5 heteroatoms. The minimum Gasteiger partial charge on any atom is -0.493 e. The molecule has 0 aromatic heterocycles. The van der Waals surface area contributed by atoms with Crippen LogP contribution in [-0.4, -0.2) is 69.3 Å². The number of hydrogen-bond acceptors (Lipinski definition) is 5. The Balaban J connectivity index is 1.84. The summed E-state index contributed by atoms with van der Waals surface area (Å²) < 4.78 is 10.9. The summed E-state index contributed by atoms with van der Waals surface area (Å²) in [6.07, 6.45) is 2.66. The molecule has 0 aliphatic carbocycles. The van der Waals surface area contributed by atoms with Crippen LogP contribution in [0.2, 0.25) is 0 Å². The number of rotatable bonds is 6. The standard InChI is InChI=1S/C19H31N3O2/c1-15-13-22(11-8-20-15)17(14-21-9-4-5-10-21)16-6-7-18(23-2)19(12-16)24-3/h6-7,12,15,17,20H,4-5,8-11,13-14H2,1-3H3. The lowest BCUT2D eigenvalue weighted by atomic mass is 10.0. The van der Waals surface area contributed by atoms with E-state index in [2.05, 4.69) is 34.2 Å². The first-order valence-electron chi connectivity index (χ1n) is 9.13. The van der Waals surface area contributed by atoms with E-state index >= 15 is 0 Å². The minimum absolute atomic E-state index is 0.410. The van der Waals surface area contributed by atoms with Gasteiger partial charge in [0.25, 0.3) is 0 Å². The molecule has 2 unspecified atom stereocenters. The maximum Gasteiger partial charge on any atom is 0.161 e. The molecule has 2 atom stereocenters. The molecule has 2 fully saturated rings. The summed E-state index contributed by atoms with van der Waals surface area (Å²) in [5, 5.41) is 3.55. The van der Waals surface area contributed by atoms with Gasteiger partial charge in [0.15, 0.2) is 11.5 Å². The Kier molecular flexibility index (Phi) is 5.98. The fourth-order valence-electron chi connectivity index (χ4n) is 3.95. The average Bonchev–Trinajstić information content (AvgIpc) is 3.12. The van der Waals surface area contributed by atoms with Crippen molar-refractivity contribution in [2.24, 2.45) is 0 Å². The van der Waals surface area contributed by atoms with Crippen molar-refractivity contribution in [1.82, 2.24) is 15.1 Å². The zero-order valence-corrected chi connectivity index (χ0v) is 15.3. The van der Waals surface area contributed by atoms with Gasteiger partial charge in [-0.05, 0) is 50.6 Å². The minimum atomic E-state index is 0.410. The monoisotopic (exact) mass is 333 g/mol. The number of nitrogens with zero attached hydrogens (tertiary/aromatic N) is 2. The van der Waals surface area contributed by atoms with Crippen LogP contribution in [0.5, 0.6) is 11.5 Å². The molecule has 0 spiro atoms. The third kappa shape index (κ3) is 4.02. The van der Waals surface area contributed by atoms with Gasteiger partial charge in [0.05, 0.1) is 14.2 Å². The quantitative estimate of drug-likeness (QED) is 0.863. The maximum absolute atomic E-state index is 5.54. The van der Waals surface area contributed by atoms with Gasteiger partial charge in [0, 0.05) is 38.3 Å². The summed E-state index contributed by atoms with van der Waals surface area (Å²) in [6, 6.07) is 7.35. The summed E-state index contributed by atoms with van der Waals surface area (Å²) in [6.45, 7) is 9.07. The average molecular weight is 333 g/mol. The van der Waals surface area contributed by atoms with Crippen molar-refractivity contribution in [2.45, 2.75) is 31.8 Å². The van der Waals surface area contributed by atoms with Crippen LogP contribution in [0.1, 0.15) is 31.4 Å². The van der Waals surface area contributed by atoms with Crippen molar-refractivity contribution in [3.63, 3.8) is 0 Å². The molecule has 3 rings (SSSR count). The molecule has 0 saturated carbocycles. The molecular formula is C19H31N3O2. The second kappa shape index (κ2) is 8.19. The molecule has 0 radical (unpaired) electrons. The molecular weight excluding hydrogens is 302 g/mol. The Morgan fingerprint density at radius 3 is 2.54 bits per heavy atom. The van der Waals surface area contributed by atoms with E-state index in [0.717, 1.165) is 37.7 Å². The van der Waals surface area contributed by atoms with E-state index in [0.29, 0.717) is 12.1 Å². The summed E-state index contributed by atoms with van der Waals surface area (Å²) in [4.78, 5) is 5.23. The van der Waals surface area contributed by atoms with Gasteiger partial charge in [-0.25, -0.2) is 0 Å². The third-order valence-electron chi connectivity index (χ3n) is 5.26. The van der Waals surface area contributed by atoms with Gasteiger partial charge in [-0.3, -0.25) is 4.90 Å². The molecule has 1 aromatic carbocycles. The molecule has 0 bridgehead atoms. The van der Waals surface area contributed by atoms with E-state index < -0.39 is 0 Å². The fourth-order valence-corrected chi connectivity index (χ4v) is 3.95. The molecule has 1 aromatic rings. The zero-order valence-electron chi connectivity index (χ0n) is 15.3. The van der Waals surface area contributed by atoms with Crippen LogP contribution >= 0.6 is 0 Å². The van der Waals surface area contributed by atoms with Gasteiger partial charge in [0.2, 0.25) is 0 Å². The number of ether oxygens (including phenoxy) is 2. The van der Waals surface area contributed by atoms with Crippen molar-refractivity contribution < 1.29 is 9.47 Å². The van der Waals surface area contributed by atoms with E-state index in [1.54, 1.807) is 14.2 Å². The summed E-state index contributed by atoms with van der Waals surface area (Å²) in [5.74, 6) is 1.62. The molecule has 2 saturated heterocycles. The lowest BCUT2D eigenvalue weighted by Gasteiger charge is -2.39. The normalized spacial score (nSPS) is 24.0. The van der Waals surface area contributed by atoms with Crippen molar-refractivity contribution >= 4 is 0 Å². The van der Waals surface area contributed by atoms with Crippen LogP contribution in [0.3, 0.4) is 0 Å². The highest BCUT2D eigenvalue weighted by molar-refractivity contribution is 5.44. The Labute approximate surface area is 145 Å². The van der Waals surface area contributed by atoms with Crippen molar-refractivity contribution in [1.29, 1.82) is 0 Å². The number of benzene rings is 1. The molecule has 0 amide bonds. The number of nitrogens with one attached hydrogen (secondary N) is 1. The van der Waals surface area contributed by atoms with Gasteiger partial charge < -0.3 is 19.7 Å². The Morgan fingerprint density at radius 1 is 1.12 bits per heavy atom. The van der Waals surface area contributed by atoms with Crippen molar-refractivity contribution in [3.8, 4) is 11.5 Å². The van der Waals surface area contributed by atoms with E-state index in [-0.39, 0.29) is 0 Å². The lowest BCUT2D eigenvalue weighted by Crippen LogP contribution is -2.52. The second-order valence-electron chi connectivity index (χ2n) is 6.99. The lowest BCUT2D eigenvalue weighted by molar-refractivity contribution is 0.117. The zero-order chi connectivity index (χ0) is 16.9. The van der Waals surface area contributed by atoms with Gasteiger partial charge in [-0.1, -0.05) is 6.07 Å². The largest absolute Gasteiger partial charge is 0.493 e. The number of likely N-dealkylation sites (tertiary alicyclic amines) is 1. The maximum atomic E-state index is 5.54. The molecule has 1 N–H and O–H groups in total. The molecule has 134 valence electrons. The van der Waals surface area contributed by atoms with Crippen LogP contribution in [0.15, 0.2) is 18.2 Å². The summed E-state index contributed by atoms with van der Waals surface area (Å²) >= 11 is 0. The number of methoxy groups -OCH3 is 2. The van der Waals surface area contributed by atoms with Crippen molar-refractivity contribution in [3.05, 3.63) is 23.8 Å². The van der Waals surface area contributed by atoms with E-state index in [1.807, 2.05) is 6.07 Å². The van der Waals surface area contributed by atoms with Gasteiger partial charge >= 0.3 is 0 Å². The smallest absolute Gasteiger partial charge is 0.161 e. The number of hydrogen-bond donors (Lipinski definition) is 1. The SMILES string of the molecule is COc1ccc(C(CN2CCCC2)N2CCNC(C)C2)cc1OC. The molecule has 24 heavy (non-hydrogen) atoms. The molecule has 2 heterocycles. The predicted molar refractivity (Wildman–Crippen MR) is 97.0 cm³/mol. The second-order valence-corrected chi connectivity index (χ2v) is 6.99. The summed E-state index contributed by atoms with van der Waals surface area (Å²) in [7, 11) is 3.40. The van der Waals surface area contributed by atoms with Crippen molar-refractivity contribution in [2.75, 3.05) is 53.5 Å². The highest BCUT2D eigenvalue weighted by Crippen LogP contribution is 2.33. The van der Waals surface area contributed by atoms with E-state index in [4.69, 9.17) is 9.47 Å². The Bertz CT molecular complexity index is 531. The van der Waals surface area contributed by atoms with Gasteiger partial charge in [0.1, 0.15) is 0 Å². The Morgan fingerprint density at radius 2 is 1.88 bits per heavy atom. The highest BCUT2D eigenvalue weighted by atomic mass is 16.5. The van der Waals surface area contributed by atoms with Crippen LogP contribution in [0.4, 0.5) is 0 Å². The molecule has 2 aliphatic heterocycles. The van der Waals surface area contributed by atoms with Gasteiger partial charge in [-0.2, -0.15) is 0 Å². The third-order valence-corrected chi connectivity index (χ3v) is 5.26. The van der Waals surface area contributed by atoms with Crippen LogP contribution in [-0.2, 0) is 0 Å². The van der Waals surface area contributed by atoms with E-state index in [1.165, 1.54) is 31.5 Å². The fraction of sp³-hybridized carbons (Fsp3) is 0.684. The first-order chi connectivity index (χ1) is 11.7. The molecule has 5 nitrogen and oxygen atoms in total. The summed E-state index contributed by atoms with van der Waals surface area (Å²) in [5.41, 5.74) is 1.33. The number of piperazine rings is 1. The topological polar surface area (TPSA) is 37.0 Å². The first kappa shape index (κ1) is 17.5. The first-order valence-corrected chi connectivity index (χ1v) is 9.13. The highest BCUT2D eigenvalue weighted by Gasteiger charge is 2.28. The molecule has 2 aliphatic rings. The van der Waals surface area contributed by atoms with E-state index in [9.17, 15) is 0 Å². The van der Waals surface area contributed by atoms with Gasteiger partial charge in [-0.15, -0.1) is 0 Å². The van der Waals surface area contributed by atoms with Crippen LogP contribution in [0.25, 0.3) is 0 Å². The van der Waals surface area contributed by atoms with Crippen LogP contribution in [0, 0.1) is 0 Å². The predicted octanol–water partition coefficient (Wildman–Crippen LogP) is 2.13.